The van der Waals surface area contributed by atoms with Gasteiger partial charge in [-0.1, -0.05) is 41.5 Å². The Bertz CT molecular complexity index is 1040. The summed E-state index contributed by atoms with van der Waals surface area (Å²) in [7, 11) is 0. The van der Waals surface area contributed by atoms with Crippen molar-refractivity contribution >= 4 is 37.1 Å². The van der Waals surface area contributed by atoms with Crippen molar-refractivity contribution in [1.82, 2.24) is 0 Å². The van der Waals surface area contributed by atoms with Gasteiger partial charge in [-0.3, -0.25) is 0 Å². The number of aryl methyl sites for hydroxylation is 4. The van der Waals surface area contributed by atoms with E-state index in [1.807, 2.05) is 58.0 Å². The molecular formula is C21H30O8P2S2. The van der Waals surface area contributed by atoms with E-state index in [0.717, 1.165) is 22.3 Å². The minimum Gasteiger partial charge on any atom is -0.485 e. The topological polar surface area (TPSA) is 129 Å². The average molecular weight is 537 g/mol. The number of aliphatic hydroxyl groups excluding tert-OH is 1. The van der Waals surface area contributed by atoms with Crippen molar-refractivity contribution in [3.63, 3.8) is 0 Å². The van der Waals surface area contributed by atoms with Crippen LogP contribution in [-0.2, 0) is 32.7 Å². The first-order valence-electron chi connectivity index (χ1n) is 9.98. The van der Waals surface area contributed by atoms with Gasteiger partial charge in [-0.15, -0.1) is 0 Å². The molecule has 8 nitrogen and oxygen atoms in total. The van der Waals surface area contributed by atoms with E-state index in [9.17, 15) is 24.7 Å². The van der Waals surface area contributed by atoms with Crippen molar-refractivity contribution < 1.29 is 38.5 Å². The molecule has 0 aliphatic carbocycles. The standard InChI is InChI=1S/C21H30O8P2S2/c1-14-5-7-18(16(3)9-14)20(29-19-8-6-15(2)10-17(19)4)21(11-22,12-27-30(23,24)32)13-28-31(25,26)33/h5-10,20,22H,11-13H2,1-4H3,(H2,23,24,32)(H2,25,26,33). The van der Waals surface area contributed by atoms with Crippen LogP contribution in [0.2, 0.25) is 0 Å². The monoisotopic (exact) mass is 536 g/mol. The van der Waals surface area contributed by atoms with Gasteiger partial charge in [-0.05, 0) is 74.1 Å². The second-order valence-corrected chi connectivity index (χ2v) is 13.5. The lowest BCUT2D eigenvalue weighted by molar-refractivity contribution is -0.0662. The van der Waals surface area contributed by atoms with Gasteiger partial charge in [0.2, 0.25) is 0 Å². The van der Waals surface area contributed by atoms with E-state index in [-0.39, 0.29) is 0 Å². The first-order chi connectivity index (χ1) is 15.2. The third kappa shape index (κ3) is 8.46. The number of ether oxygens (including phenoxy) is 1. The fraction of sp³-hybridized carbons (Fsp3) is 0.429. The Kier molecular flexibility index (Phi) is 9.79. The van der Waals surface area contributed by atoms with E-state index < -0.39 is 44.8 Å². The second kappa shape index (κ2) is 11.3. The van der Waals surface area contributed by atoms with Crippen molar-refractivity contribution in [3.8, 4) is 5.75 Å². The third-order valence-corrected chi connectivity index (χ3v) is 6.76. The lowest BCUT2D eigenvalue weighted by Crippen LogP contribution is -2.44. The maximum Gasteiger partial charge on any atom is 0.321 e. The highest BCUT2D eigenvalue weighted by Crippen LogP contribution is 2.48. The zero-order chi connectivity index (χ0) is 25.0. The van der Waals surface area contributed by atoms with Crippen molar-refractivity contribution in [2.75, 3.05) is 19.8 Å². The van der Waals surface area contributed by atoms with Crippen molar-refractivity contribution in [2.24, 2.45) is 5.41 Å². The molecule has 0 saturated carbocycles. The van der Waals surface area contributed by atoms with E-state index in [1.54, 1.807) is 6.07 Å². The largest absolute Gasteiger partial charge is 0.485 e. The van der Waals surface area contributed by atoms with Gasteiger partial charge in [0, 0.05) is 0 Å². The molecule has 2 rings (SSSR count). The molecule has 5 N–H and O–H groups in total. The Morgan fingerprint density at radius 2 is 1.30 bits per heavy atom. The molecule has 0 aliphatic rings. The quantitative estimate of drug-likeness (QED) is 0.272. The number of hydrogen-bond donors (Lipinski definition) is 5. The van der Waals surface area contributed by atoms with Crippen LogP contribution in [0.1, 0.15) is 33.9 Å². The highest BCUT2D eigenvalue weighted by molar-refractivity contribution is 8.07. The Morgan fingerprint density at radius 3 is 1.73 bits per heavy atom. The SMILES string of the molecule is Cc1ccc(OC(c2ccc(C)cc2C)C(CO)(COP(O)(O)=S)COP(O)(O)=S)c(C)c1. The molecule has 0 fully saturated rings. The second-order valence-electron chi connectivity index (χ2n) is 8.18. The molecule has 33 heavy (non-hydrogen) atoms. The summed E-state index contributed by atoms with van der Waals surface area (Å²) in [5.74, 6) is 0.517. The summed E-state index contributed by atoms with van der Waals surface area (Å²) in [5, 5.41) is 10.5. The van der Waals surface area contributed by atoms with Crippen LogP contribution in [-0.4, -0.2) is 44.5 Å². The maximum atomic E-state index is 10.5. The zero-order valence-corrected chi connectivity index (χ0v) is 22.3. The number of hydrogen-bond acceptors (Lipinski definition) is 6. The molecule has 0 bridgehead atoms. The van der Waals surface area contributed by atoms with Crippen LogP contribution >= 0.6 is 13.4 Å². The highest BCUT2D eigenvalue weighted by atomic mass is 32.5. The lowest BCUT2D eigenvalue weighted by atomic mass is 9.79. The van der Waals surface area contributed by atoms with Gasteiger partial charge in [0.25, 0.3) is 0 Å². The fourth-order valence-corrected chi connectivity index (χ4v) is 4.66. The number of rotatable bonds is 11. The van der Waals surface area contributed by atoms with Crippen LogP contribution in [0.5, 0.6) is 5.75 Å². The van der Waals surface area contributed by atoms with Gasteiger partial charge in [0.05, 0.1) is 25.2 Å². The molecule has 1 unspecified atom stereocenters. The van der Waals surface area contributed by atoms with Crippen molar-refractivity contribution in [3.05, 3.63) is 64.2 Å². The van der Waals surface area contributed by atoms with E-state index in [2.05, 4.69) is 23.6 Å². The van der Waals surface area contributed by atoms with Gasteiger partial charge in [-0.25, -0.2) is 0 Å². The van der Waals surface area contributed by atoms with Crippen molar-refractivity contribution in [2.45, 2.75) is 33.8 Å². The molecule has 0 amide bonds. The molecule has 2 aromatic rings. The first-order valence-corrected chi connectivity index (χ1v) is 15.2. The van der Waals surface area contributed by atoms with Gasteiger partial charge in [0.1, 0.15) is 11.9 Å². The lowest BCUT2D eigenvalue weighted by Gasteiger charge is -2.40. The van der Waals surface area contributed by atoms with E-state index in [0.29, 0.717) is 11.3 Å². The van der Waals surface area contributed by atoms with Crippen LogP contribution in [0, 0.1) is 33.1 Å². The summed E-state index contributed by atoms with van der Waals surface area (Å²) < 4.78 is 16.7. The third-order valence-electron chi connectivity index (χ3n) is 5.19. The zero-order valence-electron chi connectivity index (χ0n) is 18.8. The predicted molar refractivity (Wildman–Crippen MR) is 134 cm³/mol. The highest BCUT2D eigenvalue weighted by Gasteiger charge is 2.45. The Balaban J connectivity index is 2.67. The van der Waals surface area contributed by atoms with Crippen LogP contribution in [0.25, 0.3) is 0 Å². The summed E-state index contributed by atoms with van der Waals surface area (Å²) in [4.78, 5) is 38.8. The van der Waals surface area contributed by atoms with E-state index >= 15 is 0 Å². The van der Waals surface area contributed by atoms with Gasteiger partial charge in [0.15, 0.2) is 0 Å². The van der Waals surface area contributed by atoms with Crippen LogP contribution in [0.4, 0.5) is 0 Å². The minimum absolute atomic E-state index is 0.508. The summed E-state index contributed by atoms with van der Waals surface area (Å²) >= 11 is 9.19. The van der Waals surface area contributed by atoms with Gasteiger partial charge < -0.3 is 38.5 Å². The first kappa shape index (κ1) is 28.5. The van der Waals surface area contributed by atoms with E-state index in [4.69, 9.17) is 13.8 Å². The Hall–Kier alpha value is -0.740. The molecule has 1 atom stereocenters. The molecule has 0 heterocycles. The predicted octanol–water partition coefficient (Wildman–Crippen LogP) is 3.47. The summed E-state index contributed by atoms with van der Waals surface area (Å²) in [6.07, 6.45) is -0.965. The number of aliphatic hydroxyl groups is 1. The Labute approximate surface area is 204 Å². The minimum atomic E-state index is -4.12. The fourth-order valence-electron chi connectivity index (χ4n) is 3.49. The van der Waals surface area contributed by atoms with Crippen LogP contribution < -0.4 is 4.74 Å². The molecule has 0 aromatic heterocycles. The van der Waals surface area contributed by atoms with Crippen molar-refractivity contribution in [1.29, 1.82) is 0 Å². The molecule has 0 saturated heterocycles. The van der Waals surface area contributed by atoms with Crippen LogP contribution in [0.3, 0.4) is 0 Å². The summed E-state index contributed by atoms with van der Waals surface area (Å²) in [6.45, 7) is -2.27. The summed E-state index contributed by atoms with van der Waals surface area (Å²) in [5.41, 5.74) is 2.85. The summed E-state index contributed by atoms with van der Waals surface area (Å²) in [6, 6.07) is 11.2. The molecule has 0 spiro atoms. The smallest absolute Gasteiger partial charge is 0.321 e. The average Bonchev–Trinajstić information content (AvgIpc) is 2.68. The van der Waals surface area contributed by atoms with E-state index in [1.165, 1.54) is 0 Å². The molecule has 0 aliphatic heterocycles. The van der Waals surface area contributed by atoms with Gasteiger partial charge in [-0.2, -0.15) is 0 Å². The molecular weight excluding hydrogens is 506 g/mol. The molecule has 0 radical (unpaired) electrons. The maximum absolute atomic E-state index is 10.5. The number of benzene rings is 2. The molecule has 184 valence electrons. The molecule has 12 heteroatoms. The molecule has 2 aromatic carbocycles. The Morgan fingerprint density at radius 1 is 0.818 bits per heavy atom. The van der Waals surface area contributed by atoms with Gasteiger partial charge >= 0.3 is 13.4 Å². The normalized spacial score (nSPS) is 13.7. The van der Waals surface area contributed by atoms with Crippen LogP contribution in [0.15, 0.2) is 36.4 Å².